The minimum Gasteiger partial charge on any atom is -0.454 e. The van der Waals surface area contributed by atoms with Crippen LogP contribution in [0.3, 0.4) is 0 Å². The van der Waals surface area contributed by atoms with Crippen LogP contribution in [0.5, 0.6) is 11.5 Å². The van der Waals surface area contributed by atoms with E-state index in [1.807, 2.05) is 13.0 Å². The molecule has 176 valence electrons. The molecule has 0 spiro atoms. The van der Waals surface area contributed by atoms with Gasteiger partial charge in [-0.05, 0) is 86.2 Å². The third-order valence-electron chi connectivity index (χ3n) is 6.32. The summed E-state index contributed by atoms with van der Waals surface area (Å²) in [6.45, 7) is 2.04. The summed E-state index contributed by atoms with van der Waals surface area (Å²) in [4.78, 5) is 32.9. The summed E-state index contributed by atoms with van der Waals surface area (Å²) in [5.74, 6) is 1.62. The third-order valence-corrected chi connectivity index (χ3v) is 7.51. The standard InChI is InChI=1S/C26H22N4O4S/c1-15-28-25-23(19-4-2-3-5-22(19)35-25)26(32)30(15)18-9-7-17(8-10-18)24(31)29-27-13-16-6-11-20-21(12-16)34-14-33-20/h6-13H,2-5,14H2,1H3,(H,29,31)/b27-13-. The van der Waals surface area contributed by atoms with Gasteiger partial charge in [0, 0.05) is 10.4 Å². The van der Waals surface area contributed by atoms with Crippen LogP contribution in [0.2, 0.25) is 0 Å². The molecule has 1 aliphatic heterocycles. The third kappa shape index (κ3) is 3.87. The van der Waals surface area contributed by atoms with Gasteiger partial charge < -0.3 is 9.47 Å². The van der Waals surface area contributed by atoms with Gasteiger partial charge in [0.1, 0.15) is 10.7 Å². The van der Waals surface area contributed by atoms with Crippen molar-refractivity contribution < 1.29 is 14.3 Å². The zero-order valence-corrected chi connectivity index (χ0v) is 19.9. The number of nitrogens with one attached hydrogen (secondary N) is 1. The second-order valence-electron chi connectivity index (χ2n) is 8.55. The van der Waals surface area contributed by atoms with Crippen molar-refractivity contribution in [2.45, 2.75) is 32.6 Å². The van der Waals surface area contributed by atoms with Crippen LogP contribution in [-0.2, 0) is 12.8 Å². The number of carbonyl (C=O) groups excluding carboxylic acids is 1. The predicted octanol–water partition coefficient (Wildman–Crippen LogP) is 4.13. The summed E-state index contributed by atoms with van der Waals surface area (Å²) in [5.41, 5.74) is 5.54. The molecule has 9 heteroatoms. The molecule has 0 bridgehead atoms. The predicted molar refractivity (Wildman–Crippen MR) is 134 cm³/mol. The quantitative estimate of drug-likeness (QED) is 0.346. The van der Waals surface area contributed by atoms with Gasteiger partial charge in [-0.1, -0.05) is 0 Å². The van der Waals surface area contributed by atoms with Gasteiger partial charge in [-0.3, -0.25) is 14.2 Å². The number of hydrogen-bond acceptors (Lipinski definition) is 7. The Labute approximate surface area is 204 Å². The minimum atomic E-state index is -0.349. The van der Waals surface area contributed by atoms with E-state index in [1.54, 1.807) is 58.5 Å². The summed E-state index contributed by atoms with van der Waals surface area (Å²) >= 11 is 1.65. The average molecular weight is 487 g/mol. The Balaban J connectivity index is 1.22. The molecule has 2 aromatic carbocycles. The maximum atomic E-state index is 13.5. The van der Waals surface area contributed by atoms with E-state index < -0.39 is 0 Å². The van der Waals surface area contributed by atoms with Crippen molar-refractivity contribution in [1.29, 1.82) is 0 Å². The van der Waals surface area contributed by atoms with Gasteiger partial charge in [0.2, 0.25) is 6.79 Å². The van der Waals surface area contributed by atoms with E-state index in [4.69, 9.17) is 14.5 Å². The SMILES string of the molecule is Cc1nc2sc3c(c2c(=O)n1-c1ccc(C(=O)N/N=C\c2ccc4c(c2)OCO4)cc1)CCCC3. The highest BCUT2D eigenvalue weighted by atomic mass is 32.1. The zero-order valence-electron chi connectivity index (χ0n) is 19.0. The fourth-order valence-electron chi connectivity index (χ4n) is 4.60. The van der Waals surface area contributed by atoms with Crippen LogP contribution in [-0.4, -0.2) is 28.5 Å². The van der Waals surface area contributed by atoms with Gasteiger partial charge >= 0.3 is 0 Å². The number of nitrogens with zero attached hydrogens (tertiary/aromatic N) is 3. The number of hydrazone groups is 1. The van der Waals surface area contributed by atoms with Gasteiger partial charge in [-0.15, -0.1) is 11.3 Å². The normalized spacial score (nSPS) is 14.4. The molecule has 0 fully saturated rings. The lowest BCUT2D eigenvalue weighted by Crippen LogP contribution is -2.23. The molecule has 0 atom stereocenters. The molecule has 0 saturated carbocycles. The molecule has 0 radical (unpaired) electrons. The molecule has 1 aliphatic carbocycles. The van der Waals surface area contributed by atoms with E-state index in [-0.39, 0.29) is 18.3 Å². The Kier molecular flexibility index (Phi) is 5.33. The Morgan fingerprint density at radius 3 is 2.77 bits per heavy atom. The number of ether oxygens (including phenoxy) is 2. The molecule has 6 rings (SSSR count). The molecule has 0 saturated heterocycles. The van der Waals surface area contributed by atoms with Gasteiger partial charge in [-0.25, -0.2) is 10.4 Å². The molecule has 2 aromatic heterocycles. The number of benzene rings is 2. The molecule has 35 heavy (non-hydrogen) atoms. The molecule has 8 nitrogen and oxygen atoms in total. The number of aryl methyl sites for hydroxylation is 3. The van der Waals surface area contributed by atoms with Gasteiger partial charge in [0.25, 0.3) is 11.5 Å². The Morgan fingerprint density at radius 2 is 1.91 bits per heavy atom. The first-order chi connectivity index (χ1) is 17.1. The first-order valence-electron chi connectivity index (χ1n) is 11.5. The molecular weight excluding hydrogens is 464 g/mol. The van der Waals surface area contributed by atoms with Crippen LogP contribution < -0.4 is 20.5 Å². The highest BCUT2D eigenvalue weighted by Gasteiger charge is 2.21. The number of amides is 1. The van der Waals surface area contributed by atoms with Crippen molar-refractivity contribution >= 4 is 33.7 Å². The first kappa shape index (κ1) is 21.5. The van der Waals surface area contributed by atoms with Crippen molar-refractivity contribution in [1.82, 2.24) is 15.0 Å². The molecule has 0 unspecified atom stereocenters. The van der Waals surface area contributed by atoms with E-state index in [0.29, 0.717) is 28.6 Å². The Morgan fingerprint density at radius 1 is 1.11 bits per heavy atom. The lowest BCUT2D eigenvalue weighted by Gasteiger charge is -2.12. The Hall–Kier alpha value is -3.98. The second kappa shape index (κ2) is 8.66. The van der Waals surface area contributed by atoms with Gasteiger partial charge in [-0.2, -0.15) is 5.10 Å². The fourth-order valence-corrected chi connectivity index (χ4v) is 5.89. The number of hydrogen-bond donors (Lipinski definition) is 1. The summed E-state index contributed by atoms with van der Waals surface area (Å²) in [5, 5.41) is 4.78. The van der Waals surface area contributed by atoms with Crippen molar-refractivity contribution in [3.8, 4) is 17.2 Å². The topological polar surface area (TPSA) is 94.8 Å². The van der Waals surface area contributed by atoms with Crippen molar-refractivity contribution in [2.24, 2.45) is 5.10 Å². The summed E-state index contributed by atoms with van der Waals surface area (Å²) in [7, 11) is 0. The maximum absolute atomic E-state index is 13.5. The van der Waals surface area contributed by atoms with Crippen LogP contribution in [0.25, 0.3) is 15.9 Å². The monoisotopic (exact) mass is 486 g/mol. The van der Waals surface area contributed by atoms with Crippen LogP contribution in [0.15, 0.2) is 52.4 Å². The largest absolute Gasteiger partial charge is 0.454 e. The average Bonchev–Trinajstić information content (AvgIpc) is 3.48. The Bertz CT molecular complexity index is 1550. The highest BCUT2D eigenvalue weighted by Crippen LogP contribution is 2.34. The zero-order chi connectivity index (χ0) is 23.9. The number of fused-ring (bicyclic) bond motifs is 4. The van der Waals surface area contributed by atoms with Crippen LogP contribution in [0, 0.1) is 6.92 Å². The maximum Gasteiger partial charge on any atom is 0.271 e. The van der Waals surface area contributed by atoms with Crippen molar-refractivity contribution in [3.05, 3.63) is 80.2 Å². The molecule has 3 heterocycles. The molecule has 2 aliphatic rings. The highest BCUT2D eigenvalue weighted by molar-refractivity contribution is 7.18. The van der Waals surface area contributed by atoms with E-state index >= 15 is 0 Å². The summed E-state index contributed by atoms with van der Waals surface area (Å²) < 4.78 is 12.3. The van der Waals surface area contributed by atoms with E-state index in [9.17, 15) is 9.59 Å². The molecular formula is C26H22N4O4S. The van der Waals surface area contributed by atoms with Crippen molar-refractivity contribution in [3.63, 3.8) is 0 Å². The number of carbonyl (C=O) groups is 1. The smallest absolute Gasteiger partial charge is 0.271 e. The van der Waals surface area contributed by atoms with Crippen LogP contribution in [0.1, 0.15) is 45.0 Å². The van der Waals surface area contributed by atoms with Gasteiger partial charge in [0.15, 0.2) is 11.5 Å². The number of aromatic nitrogens is 2. The summed E-state index contributed by atoms with van der Waals surface area (Å²) in [6, 6.07) is 12.3. The molecule has 1 amide bonds. The molecule has 4 aromatic rings. The van der Waals surface area contributed by atoms with E-state index in [0.717, 1.165) is 41.5 Å². The summed E-state index contributed by atoms with van der Waals surface area (Å²) in [6.07, 6.45) is 5.76. The van der Waals surface area contributed by atoms with Crippen LogP contribution in [0.4, 0.5) is 0 Å². The second-order valence-corrected chi connectivity index (χ2v) is 9.63. The van der Waals surface area contributed by atoms with E-state index in [2.05, 4.69) is 10.5 Å². The lowest BCUT2D eigenvalue weighted by molar-refractivity contribution is 0.0955. The van der Waals surface area contributed by atoms with Crippen molar-refractivity contribution in [2.75, 3.05) is 6.79 Å². The first-order valence-corrected chi connectivity index (χ1v) is 12.3. The minimum absolute atomic E-state index is 0.0440. The number of rotatable bonds is 4. The van der Waals surface area contributed by atoms with Gasteiger partial charge in [0.05, 0.1) is 17.3 Å². The number of thiophene rings is 1. The lowest BCUT2D eigenvalue weighted by atomic mass is 9.97. The van der Waals surface area contributed by atoms with Crippen LogP contribution >= 0.6 is 11.3 Å². The molecule has 1 N–H and O–H groups in total. The fraction of sp³-hybridized carbons (Fsp3) is 0.231. The van der Waals surface area contributed by atoms with E-state index in [1.165, 1.54) is 10.4 Å².